The second-order valence-electron chi connectivity index (χ2n) is 7.22. The third-order valence-corrected chi connectivity index (χ3v) is 5.03. The van der Waals surface area contributed by atoms with E-state index in [0.717, 1.165) is 36.9 Å². The molecule has 0 unspecified atom stereocenters. The molecule has 2 rings (SSSR count). The van der Waals surface area contributed by atoms with E-state index in [2.05, 4.69) is 5.32 Å². The summed E-state index contributed by atoms with van der Waals surface area (Å²) in [6.45, 7) is 2.45. The van der Waals surface area contributed by atoms with Crippen LogP contribution in [0.4, 0.5) is 5.69 Å². The number of hydrogen-bond donors (Lipinski definition) is 2. The lowest BCUT2D eigenvalue weighted by Crippen LogP contribution is -2.36. The van der Waals surface area contributed by atoms with Gasteiger partial charge in [-0.3, -0.25) is 9.59 Å². The van der Waals surface area contributed by atoms with E-state index in [9.17, 15) is 9.59 Å². The highest BCUT2D eigenvalue weighted by molar-refractivity contribution is 5.97. The molecule has 0 bridgehead atoms. The Balaban J connectivity index is 2.04. The van der Waals surface area contributed by atoms with Crippen molar-refractivity contribution in [2.75, 3.05) is 26.0 Å². The van der Waals surface area contributed by atoms with E-state index in [1.807, 2.05) is 13.0 Å². The van der Waals surface area contributed by atoms with Gasteiger partial charge in [-0.1, -0.05) is 19.3 Å². The molecule has 0 saturated heterocycles. The van der Waals surface area contributed by atoms with Crippen LogP contribution in [0.1, 0.15) is 54.4 Å². The highest BCUT2D eigenvalue weighted by Gasteiger charge is 2.33. The largest absolute Gasteiger partial charge is 0.345 e. The van der Waals surface area contributed by atoms with Crippen molar-refractivity contribution in [2.24, 2.45) is 11.1 Å². The van der Waals surface area contributed by atoms with Crippen molar-refractivity contribution < 1.29 is 9.59 Å². The van der Waals surface area contributed by atoms with E-state index in [-0.39, 0.29) is 17.2 Å². The molecular weight excluding hydrogens is 302 g/mol. The molecule has 3 N–H and O–H groups in total. The first-order valence-electron chi connectivity index (χ1n) is 8.69. The van der Waals surface area contributed by atoms with Crippen LogP contribution >= 0.6 is 0 Å². The van der Waals surface area contributed by atoms with E-state index in [1.54, 1.807) is 31.1 Å². The van der Waals surface area contributed by atoms with Gasteiger partial charge in [0, 0.05) is 31.8 Å². The quantitative estimate of drug-likeness (QED) is 0.871. The minimum Gasteiger partial charge on any atom is -0.345 e. The molecule has 1 aliphatic carbocycles. The van der Waals surface area contributed by atoms with Crippen LogP contribution in [0.5, 0.6) is 0 Å². The molecule has 1 aromatic carbocycles. The maximum Gasteiger partial charge on any atom is 0.253 e. The molecule has 0 aliphatic heterocycles. The average Bonchev–Trinajstić information content (AvgIpc) is 2.55. The Hall–Kier alpha value is -1.88. The second-order valence-corrected chi connectivity index (χ2v) is 7.22. The predicted octanol–water partition coefficient (Wildman–Crippen LogP) is 2.93. The van der Waals surface area contributed by atoms with Crippen LogP contribution in [0.2, 0.25) is 0 Å². The summed E-state index contributed by atoms with van der Waals surface area (Å²) in [4.78, 5) is 26.1. The SMILES string of the molecule is Cc1cc(NC(=O)CC2(CN)CCCCC2)ccc1C(=O)N(C)C. The second kappa shape index (κ2) is 7.79. The monoisotopic (exact) mass is 331 g/mol. The molecule has 0 spiro atoms. The third-order valence-electron chi connectivity index (χ3n) is 5.03. The van der Waals surface area contributed by atoms with E-state index in [4.69, 9.17) is 5.73 Å². The first-order valence-corrected chi connectivity index (χ1v) is 8.69. The minimum atomic E-state index is -0.0434. The first-order chi connectivity index (χ1) is 11.4. The number of amides is 2. The molecule has 0 atom stereocenters. The third kappa shape index (κ3) is 4.35. The number of benzene rings is 1. The van der Waals surface area contributed by atoms with Crippen molar-refractivity contribution in [1.82, 2.24) is 4.90 Å². The van der Waals surface area contributed by atoms with Crippen molar-refractivity contribution in [2.45, 2.75) is 45.4 Å². The number of nitrogens with zero attached hydrogens (tertiary/aromatic N) is 1. The molecule has 1 saturated carbocycles. The molecule has 0 heterocycles. The summed E-state index contributed by atoms with van der Waals surface area (Å²) >= 11 is 0. The van der Waals surface area contributed by atoms with E-state index in [1.165, 1.54) is 6.42 Å². The zero-order valence-corrected chi connectivity index (χ0v) is 15.0. The zero-order chi connectivity index (χ0) is 17.7. The maximum absolute atomic E-state index is 12.4. The normalized spacial score (nSPS) is 16.5. The van der Waals surface area contributed by atoms with E-state index in [0.29, 0.717) is 18.5 Å². The van der Waals surface area contributed by atoms with Crippen molar-refractivity contribution in [3.63, 3.8) is 0 Å². The Bertz CT molecular complexity index is 605. The van der Waals surface area contributed by atoms with Gasteiger partial charge in [-0.15, -0.1) is 0 Å². The molecule has 0 aromatic heterocycles. The van der Waals surface area contributed by atoms with Gasteiger partial charge in [0.2, 0.25) is 5.91 Å². The van der Waals surface area contributed by atoms with Crippen LogP contribution in [0.15, 0.2) is 18.2 Å². The Kier molecular flexibility index (Phi) is 5.99. The van der Waals surface area contributed by atoms with Gasteiger partial charge in [-0.2, -0.15) is 0 Å². The summed E-state index contributed by atoms with van der Waals surface area (Å²) in [5.74, 6) is -0.0249. The Morgan fingerprint density at radius 2 is 1.88 bits per heavy atom. The van der Waals surface area contributed by atoms with Gasteiger partial charge in [0.1, 0.15) is 0 Å². The summed E-state index contributed by atoms with van der Waals surface area (Å²) in [6, 6.07) is 5.41. The molecule has 1 fully saturated rings. The summed E-state index contributed by atoms with van der Waals surface area (Å²) in [5.41, 5.74) is 8.17. The van der Waals surface area contributed by atoms with Crippen molar-refractivity contribution in [3.8, 4) is 0 Å². The van der Waals surface area contributed by atoms with Crippen molar-refractivity contribution in [1.29, 1.82) is 0 Å². The van der Waals surface area contributed by atoms with Crippen LogP contribution < -0.4 is 11.1 Å². The minimum absolute atomic E-state index is 0.00781. The van der Waals surface area contributed by atoms with Gasteiger partial charge in [-0.05, 0) is 55.5 Å². The van der Waals surface area contributed by atoms with Gasteiger partial charge in [0.15, 0.2) is 0 Å². The van der Waals surface area contributed by atoms with Crippen LogP contribution in [-0.4, -0.2) is 37.4 Å². The smallest absolute Gasteiger partial charge is 0.253 e. The molecule has 1 aliphatic rings. The van der Waals surface area contributed by atoms with E-state index >= 15 is 0 Å². The summed E-state index contributed by atoms with van der Waals surface area (Å²) < 4.78 is 0. The molecule has 24 heavy (non-hydrogen) atoms. The number of nitrogens with one attached hydrogen (secondary N) is 1. The van der Waals surface area contributed by atoms with Crippen LogP contribution in [0.25, 0.3) is 0 Å². The summed E-state index contributed by atoms with van der Waals surface area (Å²) in [6.07, 6.45) is 6.10. The Morgan fingerprint density at radius 1 is 1.21 bits per heavy atom. The number of rotatable bonds is 5. The van der Waals surface area contributed by atoms with Gasteiger partial charge in [-0.25, -0.2) is 0 Å². The van der Waals surface area contributed by atoms with Crippen LogP contribution in [0, 0.1) is 12.3 Å². The predicted molar refractivity (Wildman–Crippen MR) is 97.0 cm³/mol. The standard InChI is InChI=1S/C19H29N3O2/c1-14-11-15(7-8-16(14)18(24)22(2)3)21-17(23)12-19(13-20)9-5-4-6-10-19/h7-8,11H,4-6,9-10,12-13,20H2,1-3H3,(H,21,23). The Labute approximate surface area is 144 Å². The van der Waals surface area contributed by atoms with Crippen molar-refractivity contribution in [3.05, 3.63) is 29.3 Å². The highest BCUT2D eigenvalue weighted by Crippen LogP contribution is 2.38. The average molecular weight is 331 g/mol. The molecule has 132 valence electrons. The fourth-order valence-corrected chi connectivity index (χ4v) is 3.52. The first kappa shape index (κ1) is 18.5. The maximum atomic E-state index is 12.4. The van der Waals surface area contributed by atoms with Gasteiger partial charge >= 0.3 is 0 Å². The van der Waals surface area contributed by atoms with Crippen LogP contribution in [-0.2, 0) is 4.79 Å². The fourth-order valence-electron chi connectivity index (χ4n) is 3.52. The number of hydrogen-bond acceptors (Lipinski definition) is 3. The highest BCUT2D eigenvalue weighted by atomic mass is 16.2. The Morgan fingerprint density at radius 3 is 2.42 bits per heavy atom. The van der Waals surface area contributed by atoms with E-state index < -0.39 is 0 Å². The number of aryl methyl sites for hydroxylation is 1. The molecule has 2 amide bonds. The van der Waals surface area contributed by atoms with Gasteiger partial charge in [0.05, 0.1) is 0 Å². The van der Waals surface area contributed by atoms with Crippen LogP contribution in [0.3, 0.4) is 0 Å². The molecule has 1 aromatic rings. The van der Waals surface area contributed by atoms with Gasteiger partial charge < -0.3 is 16.0 Å². The molecule has 5 nitrogen and oxygen atoms in total. The molecular formula is C19H29N3O2. The lowest BCUT2D eigenvalue weighted by Gasteiger charge is -2.35. The summed E-state index contributed by atoms with van der Waals surface area (Å²) in [5, 5.41) is 2.97. The lowest BCUT2D eigenvalue weighted by atomic mass is 9.71. The number of carbonyl (C=O) groups excluding carboxylic acids is 2. The topological polar surface area (TPSA) is 75.4 Å². The molecule has 5 heteroatoms. The number of carbonyl (C=O) groups is 2. The molecule has 0 radical (unpaired) electrons. The summed E-state index contributed by atoms with van der Waals surface area (Å²) in [7, 11) is 3.46. The van der Waals surface area contributed by atoms with Gasteiger partial charge in [0.25, 0.3) is 5.91 Å². The number of nitrogens with two attached hydrogens (primary N) is 1. The zero-order valence-electron chi connectivity index (χ0n) is 15.0. The fraction of sp³-hybridized carbons (Fsp3) is 0.579. The van der Waals surface area contributed by atoms with Crippen molar-refractivity contribution >= 4 is 17.5 Å². The lowest BCUT2D eigenvalue weighted by molar-refractivity contribution is -0.118. The number of anilines is 1.